The van der Waals surface area contributed by atoms with Gasteiger partial charge in [0.05, 0.1) is 27.9 Å². The lowest BCUT2D eigenvalue weighted by Crippen LogP contribution is -2.28. The number of nitrogens with one attached hydrogen (secondary N) is 1. The topological polar surface area (TPSA) is 132 Å². The van der Waals surface area contributed by atoms with Crippen LogP contribution in [0.1, 0.15) is 21.7 Å². The number of methoxy groups -OCH3 is 4. The third-order valence-corrected chi connectivity index (χ3v) is 6.09. The van der Waals surface area contributed by atoms with Crippen molar-refractivity contribution >= 4 is 17.6 Å². The molecular weight excluding hydrogens is 561 g/mol. The van der Waals surface area contributed by atoms with E-state index in [1.54, 1.807) is 18.2 Å². The molecule has 0 saturated carbocycles. The highest BCUT2D eigenvalue weighted by atomic mass is 19.4. The zero-order valence-corrected chi connectivity index (χ0v) is 23.3. The van der Waals surface area contributed by atoms with E-state index in [0.29, 0.717) is 17.2 Å². The summed E-state index contributed by atoms with van der Waals surface area (Å²) in [5.41, 5.74) is -1.03. The average Bonchev–Trinajstić information content (AvgIpc) is 3.38. The summed E-state index contributed by atoms with van der Waals surface area (Å²) in [4.78, 5) is 34.2. The quantitative estimate of drug-likeness (QED) is 0.271. The molecule has 4 rings (SSSR count). The third kappa shape index (κ3) is 6.35. The van der Waals surface area contributed by atoms with Gasteiger partial charge in [0.25, 0.3) is 5.56 Å². The first-order valence-corrected chi connectivity index (χ1v) is 12.3. The van der Waals surface area contributed by atoms with Crippen molar-refractivity contribution in [1.29, 1.82) is 0 Å². The van der Waals surface area contributed by atoms with Crippen LogP contribution in [0.2, 0.25) is 0 Å². The number of rotatable bonds is 10. The smallest absolute Gasteiger partial charge is 0.435 e. The van der Waals surface area contributed by atoms with Crippen LogP contribution in [0.3, 0.4) is 0 Å². The molecule has 222 valence electrons. The average molecular weight is 589 g/mol. The molecule has 0 aliphatic heterocycles. The fourth-order valence-corrected chi connectivity index (χ4v) is 4.03. The maximum absolute atomic E-state index is 13.6. The minimum atomic E-state index is -4.72. The highest BCUT2D eigenvalue weighted by molar-refractivity contribution is 5.90. The van der Waals surface area contributed by atoms with Gasteiger partial charge in [-0.1, -0.05) is 0 Å². The number of esters is 1. The molecule has 42 heavy (non-hydrogen) atoms. The highest BCUT2D eigenvalue weighted by Crippen LogP contribution is 2.33. The van der Waals surface area contributed by atoms with Crippen LogP contribution < -0.4 is 20.3 Å². The number of aromatic nitrogens is 5. The molecular formula is C27H27F3N6O6. The number of alkyl halides is 3. The Balaban J connectivity index is 1.94. The summed E-state index contributed by atoms with van der Waals surface area (Å²) < 4.78 is 63.4. The van der Waals surface area contributed by atoms with Gasteiger partial charge in [0.15, 0.2) is 11.5 Å². The largest absolute Gasteiger partial charge is 0.497 e. The number of benzene rings is 1. The first kappa shape index (κ1) is 30.0. The Kier molecular flexibility index (Phi) is 8.80. The van der Waals surface area contributed by atoms with Crippen LogP contribution in [0.25, 0.3) is 16.9 Å². The fourth-order valence-electron chi connectivity index (χ4n) is 4.03. The van der Waals surface area contributed by atoms with E-state index in [1.807, 2.05) is 0 Å². The lowest BCUT2D eigenvalue weighted by atomic mass is 10.1. The molecule has 4 aromatic rings. The second-order valence-electron chi connectivity index (χ2n) is 8.86. The van der Waals surface area contributed by atoms with Crippen molar-refractivity contribution in [2.45, 2.75) is 19.6 Å². The number of nitrogens with zero attached hydrogens (tertiary/aromatic N) is 5. The number of ether oxygens (including phenoxy) is 4. The normalized spacial score (nSPS) is 11.3. The Hall–Kier alpha value is -4.92. The van der Waals surface area contributed by atoms with Gasteiger partial charge in [-0.2, -0.15) is 23.3 Å². The predicted octanol–water partition coefficient (Wildman–Crippen LogP) is 4.01. The lowest BCUT2D eigenvalue weighted by Gasteiger charge is -2.16. The molecule has 15 heteroatoms. The zero-order chi connectivity index (χ0) is 30.6. The fraction of sp³-hybridized carbons (Fsp3) is 0.296. The third-order valence-electron chi connectivity index (χ3n) is 6.09. The van der Waals surface area contributed by atoms with Gasteiger partial charge >= 0.3 is 12.1 Å². The predicted molar refractivity (Wildman–Crippen MR) is 145 cm³/mol. The standard InChI is InChI=1S/C27H27F3N6O6/c1-15-8-22(27(28,29)30)34-36(15)23-21(16-9-20(25(38)42-5)24(37)35(14-16)6-7-39-2)13-31-26(33-23)32-17-10-18(40-3)12-19(11-17)41-4/h8-14H,6-7H2,1-5H3,(H,31,32,33). The van der Waals surface area contributed by atoms with Crippen molar-refractivity contribution in [3.8, 4) is 28.4 Å². The van der Waals surface area contributed by atoms with E-state index >= 15 is 0 Å². The molecule has 0 aliphatic rings. The van der Waals surface area contributed by atoms with E-state index in [1.165, 1.54) is 51.3 Å². The Morgan fingerprint density at radius 2 is 1.71 bits per heavy atom. The maximum atomic E-state index is 13.6. The summed E-state index contributed by atoms with van der Waals surface area (Å²) in [6.45, 7) is 1.67. The van der Waals surface area contributed by atoms with Crippen molar-refractivity contribution in [3.63, 3.8) is 0 Å². The van der Waals surface area contributed by atoms with Crippen molar-refractivity contribution < 1.29 is 36.9 Å². The Labute approximate surface area is 237 Å². The van der Waals surface area contributed by atoms with Crippen LogP contribution in [0, 0.1) is 6.92 Å². The molecule has 12 nitrogen and oxygen atoms in total. The number of carbonyl (C=O) groups is 1. The van der Waals surface area contributed by atoms with E-state index in [2.05, 4.69) is 20.4 Å². The van der Waals surface area contributed by atoms with E-state index < -0.39 is 23.4 Å². The van der Waals surface area contributed by atoms with Crippen molar-refractivity contribution in [2.75, 3.05) is 40.4 Å². The maximum Gasteiger partial charge on any atom is 0.435 e. The van der Waals surface area contributed by atoms with Crippen LogP contribution in [0.4, 0.5) is 24.8 Å². The molecule has 0 atom stereocenters. The number of hydrogen-bond donors (Lipinski definition) is 1. The molecule has 0 aliphatic carbocycles. The summed E-state index contributed by atoms with van der Waals surface area (Å²) in [6.07, 6.45) is -1.94. The van der Waals surface area contributed by atoms with Gasteiger partial charge in [-0.25, -0.2) is 14.5 Å². The van der Waals surface area contributed by atoms with Gasteiger partial charge in [-0.15, -0.1) is 0 Å². The minimum absolute atomic E-state index is 0.00779. The minimum Gasteiger partial charge on any atom is -0.497 e. The van der Waals surface area contributed by atoms with E-state index in [-0.39, 0.29) is 47.3 Å². The molecule has 0 fully saturated rings. The monoisotopic (exact) mass is 588 g/mol. The summed E-state index contributed by atoms with van der Waals surface area (Å²) in [5.74, 6) is 0.00655. The molecule has 3 heterocycles. The lowest BCUT2D eigenvalue weighted by molar-refractivity contribution is -0.141. The van der Waals surface area contributed by atoms with Crippen LogP contribution in [-0.4, -0.2) is 65.3 Å². The van der Waals surface area contributed by atoms with Crippen molar-refractivity contribution in [3.05, 3.63) is 70.0 Å². The molecule has 0 saturated heterocycles. The highest BCUT2D eigenvalue weighted by Gasteiger charge is 2.35. The van der Waals surface area contributed by atoms with E-state index in [4.69, 9.17) is 18.9 Å². The zero-order valence-electron chi connectivity index (χ0n) is 23.3. The first-order valence-electron chi connectivity index (χ1n) is 12.3. The Morgan fingerprint density at radius 3 is 2.29 bits per heavy atom. The number of hydrogen-bond acceptors (Lipinski definition) is 10. The molecule has 0 spiro atoms. The van der Waals surface area contributed by atoms with Crippen LogP contribution in [0.5, 0.6) is 11.5 Å². The summed E-state index contributed by atoms with van der Waals surface area (Å²) >= 11 is 0. The second-order valence-corrected chi connectivity index (χ2v) is 8.86. The van der Waals surface area contributed by atoms with Gasteiger partial charge in [-0.3, -0.25) is 4.79 Å². The Morgan fingerprint density at radius 1 is 1.02 bits per heavy atom. The van der Waals surface area contributed by atoms with Gasteiger partial charge in [0.1, 0.15) is 17.1 Å². The van der Waals surface area contributed by atoms with Gasteiger partial charge in [0.2, 0.25) is 5.95 Å². The SMILES string of the molecule is COCCn1cc(-c2cnc(Nc3cc(OC)cc(OC)c3)nc2-n2nc(C(F)(F)F)cc2C)cc(C(=O)OC)c1=O. The van der Waals surface area contributed by atoms with Gasteiger partial charge < -0.3 is 28.8 Å². The molecule has 0 radical (unpaired) electrons. The summed E-state index contributed by atoms with van der Waals surface area (Å²) in [6, 6.07) is 7.10. The molecule has 3 aromatic heterocycles. The summed E-state index contributed by atoms with van der Waals surface area (Å²) in [7, 11) is 5.54. The van der Waals surface area contributed by atoms with E-state index in [9.17, 15) is 22.8 Å². The number of pyridine rings is 1. The van der Waals surface area contributed by atoms with Crippen molar-refractivity contribution in [1.82, 2.24) is 24.3 Å². The van der Waals surface area contributed by atoms with Crippen molar-refractivity contribution in [2.24, 2.45) is 0 Å². The van der Waals surface area contributed by atoms with Gasteiger partial charge in [0, 0.05) is 66.8 Å². The number of carbonyl (C=O) groups excluding carboxylic acids is 1. The van der Waals surface area contributed by atoms with Crippen LogP contribution in [-0.2, 0) is 22.2 Å². The van der Waals surface area contributed by atoms with E-state index in [0.717, 1.165) is 17.9 Å². The molecule has 0 unspecified atom stereocenters. The van der Waals surface area contributed by atoms with Crippen LogP contribution >= 0.6 is 0 Å². The molecule has 1 aromatic carbocycles. The second kappa shape index (κ2) is 12.3. The molecule has 0 bridgehead atoms. The number of aryl methyl sites for hydroxylation is 1. The number of halogens is 3. The first-order chi connectivity index (χ1) is 20.0. The Bertz CT molecular complexity index is 1650. The van der Waals surface area contributed by atoms with Crippen LogP contribution in [0.15, 0.2) is 47.5 Å². The summed E-state index contributed by atoms with van der Waals surface area (Å²) in [5, 5.41) is 6.75. The molecule has 1 N–H and O–H groups in total. The van der Waals surface area contributed by atoms with Gasteiger partial charge in [-0.05, 0) is 19.1 Å². The number of anilines is 2. The molecule has 0 amide bonds.